The predicted molar refractivity (Wildman–Crippen MR) is 126 cm³/mol. The second-order valence-electron chi connectivity index (χ2n) is 7.81. The summed E-state index contributed by atoms with van der Waals surface area (Å²) in [4.78, 5) is 21.7. The van der Waals surface area contributed by atoms with Gasteiger partial charge < -0.3 is 10.1 Å². The Morgan fingerprint density at radius 1 is 0.906 bits per heavy atom. The monoisotopic (exact) mass is 423 g/mol. The fourth-order valence-corrected chi connectivity index (χ4v) is 3.33. The summed E-state index contributed by atoms with van der Waals surface area (Å²) in [5, 5.41) is 3.06. The number of amides is 1. The molecule has 0 aliphatic rings. The molecule has 2 heterocycles. The molecule has 1 amide bonds. The van der Waals surface area contributed by atoms with Crippen molar-refractivity contribution in [3.63, 3.8) is 0 Å². The standard InChI is InChI=1S/C27H25N3O2/c1-18-7-10-21(11-8-18)23-14-24(16-25(15-23)32-26-6-4-5-13-28-26)27(31)30-20(3)22-12-9-19(2)29-17-22/h4-17,20H,1-3H3,(H,30,31). The van der Waals surface area contributed by atoms with Crippen LogP contribution in [-0.4, -0.2) is 15.9 Å². The first-order valence-corrected chi connectivity index (χ1v) is 10.5. The molecule has 0 aliphatic heterocycles. The second kappa shape index (κ2) is 9.43. The summed E-state index contributed by atoms with van der Waals surface area (Å²) in [6.45, 7) is 5.93. The summed E-state index contributed by atoms with van der Waals surface area (Å²) in [5.41, 5.74) is 5.48. The van der Waals surface area contributed by atoms with Crippen LogP contribution in [0.1, 0.15) is 40.1 Å². The zero-order valence-corrected chi connectivity index (χ0v) is 18.4. The number of pyridine rings is 2. The number of hydrogen-bond donors (Lipinski definition) is 1. The van der Waals surface area contributed by atoms with Crippen molar-refractivity contribution in [3.8, 4) is 22.8 Å². The van der Waals surface area contributed by atoms with Gasteiger partial charge in [-0.25, -0.2) is 4.98 Å². The molecule has 0 fully saturated rings. The molecule has 4 aromatic rings. The highest BCUT2D eigenvalue weighted by atomic mass is 16.5. The molecule has 5 nitrogen and oxygen atoms in total. The minimum absolute atomic E-state index is 0.182. The normalized spacial score (nSPS) is 11.6. The van der Waals surface area contributed by atoms with E-state index in [0.29, 0.717) is 17.2 Å². The highest BCUT2D eigenvalue weighted by Gasteiger charge is 2.15. The number of nitrogens with one attached hydrogen (secondary N) is 1. The van der Waals surface area contributed by atoms with Gasteiger partial charge in [0, 0.05) is 29.7 Å². The number of aromatic nitrogens is 2. The molecule has 160 valence electrons. The molecule has 0 spiro atoms. The number of carbonyl (C=O) groups is 1. The van der Waals surface area contributed by atoms with E-state index in [1.807, 2.05) is 81.4 Å². The summed E-state index contributed by atoms with van der Waals surface area (Å²) in [5.74, 6) is 0.841. The quantitative estimate of drug-likeness (QED) is 0.410. The van der Waals surface area contributed by atoms with Crippen molar-refractivity contribution in [3.05, 3.63) is 108 Å². The van der Waals surface area contributed by atoms with Gasteiger partial charge >= 0.3 is 0 Å². The van der Waals surface area contributed by atoms with Gasteiger partial charge in [-0.3, -0.25) is 9.78 Å². The topological polar surface area (TPSA) is 64.1 Å². The number of aryl methyl sites for hydroxylation is 2. The Balaban J connectivity index is 1.65. The summed E-state index contributed by atoms with van der Waals surface area (Å²) < 4.78 is 5.96. The first-order chi connectivity index (χ1) is 15.5. The molecule has 5 heteroatoms. The molecule has 1 unspecified atom stereocenters. The van der Waals surface area contributed by atoms with Crippen LogP contribution < -0.4 is 10.1 Å². The molecule has 4 rings (SSSR count). The Labute approximate surface area is 188 Å². The molecular weight excluding hydrogens is 398 g/mol. The van der Waals surface area contributed by atoms with Gasteiger partial charge in [0.1, 0.15) is 5.75 Å². The zero-order chi connectivity index (χ0) is 22.5. The van der Waals surface area contributed by atoms with E-state index >= 15 is 0 Å². The largest absolute Gasteiger partial charge is 0.439 e. The third kappa shape index (κ3) is 5.19. The van der Waals surface area contributed by atoms with Crippen LogP contribution in [0.4, 0.5) is 0 Å². The van der Waals surface area contributed by atoms with Crippen LogP contribution in [0, 0.1) is 13.8 Å². The van der Waals surface area contributed by atoms with Gasteiger partial charge in [-0.05, 0) is 67.8 Å². The number of rotatable bonds is 6. The average molecular weight is 424 g/mol. The van der Waals surface area contributed by atoms with Crippen LogP contribution in [0.3, 0.4) is 0 Å². The van der Waals surface area contributed by atoms with Gasteiger partial charge in [0.15, 0.2) is 0 Å². The number of ether oxygens (including phenoxy) is 1. The Hall–Kier alpha value is -3.99. The van der Waals surface area contributed by atoms with E-state index in [1.165, 1.54) is 5.56 Å². The summed E-state index contributed by atoms with van der Waals surface area (Å²) >= 11 is 0. The summed E-state index contributed by atoms with van der Waals surface area (Å²) in [7, 11) is 0. The van der Waals surface area contributed by atoms with Crippen LogP contribution in [0.25, 0.3) is 11.1 Å². The minimum atomic E-state index is -0.182. The van der Waals surface area contributed by atoms with E-state index in [4.69, 9.17) is 4.74 Å². The molecule has 1 N–H and O–H groups in total. The molecule has 0 radical (unpaired) electrons. The maximum absolute atomic E-state index is 13.1. The molecule has 2 aromatic heterocycles. The highest BCUT2D eigenvalue weighted by Crippen LogP contribution is 2.29. The van der Waals surface area contributed by atoms with E-state index in [0.717, 1.165) is 22.4 Å². The SMILES string of the molecule is Cc1ccc(-c2cc(Oc3ccccn3)cc(C(=O)NC(C)c3ccc(C)nc3)c2)cc1. The maximum Gasteiger partial charge on any atom is 0.251 e. The van der Waals surface area contributed by atoms with Crippen LogP contribution in [0.15, 0.2) is 85.2 Å². The first-order valence-electron chi connectivity index (χ1n) is 10.5. The first kappa shape index (κ1) is 21.2. The van der Waals surface area contributed by atoms with Crippen molar-refractivity contribution in [2.75, 3.05) is 0 Å². The lowest BCUT2D eigenvalue weighted by Gasteiger charge is -2.16. The van der Waals surface area contributed by atoms with Gasteiger partial charge in [-0.1, -0.05) is 42.0 Å². The Kier molecular flexibility index (Phi) is 6.26. The fourth-order valence-electron chi connectivity index (χ4n) is 3.33. The Bertz CT molecular complexity index is 1200. The maximum atomic E-state index is 13.1. The molecule has 0 bridgehead atoms. The average Bonchev–Trinajstić information content (AvgIpc) is 2.80. The fraction of sp³-hybridized carbons (Fsp3) is 0.148. The lowest BCUT2D eigenvalue weighted by molar-refractivity contribution is 0.0939. The van der Waals surface area contributed by atoms with Crippen LogP contribution in [-0.2, 0) is 0 Å². The van der Waals surface area contributed by atoms with Crippen molar-refractivity contribution in [2.45, 2.75) is 26.8 Å². The second-order valence-corrected chi connectivity index (χ2v) is 7.81. The number of benzene rings is 2. The molecule has 0 aliphatic carbocycles. The number of nitrogens with zero attached hydrogens (tertiary/aromatic N) is 2. The van der Waals surface area contributed by atoms with Crippen molar-refractivity contribution in [1.29, 1.82) is 0 Å². The molecule has 32 heavy (non-hydrogen) atoms. The van der Waals surface area contributed by atoms with E-state index in [-0.39, 0.29) is 11.9 Å². The van der Waals surface area contributed by atoms with E-state index in [1.54, 1.807) is 24.5 Å². The summed E-state index contributed by atoms with van der Waals surface area (Å²) in [6, 6.07) is 22.9. The van der Waals surface area contributed by atoms with Crippen molar-refractivity contribution < 1.29 is 9.53 Å². The smallest absolute Gasteiger partial charge is 0.251 e. The lowest BCUT2D eigenvalue weighted by Crippen LogP contribution is -2.26. The van der Waals surface area contributed by atoms with E-state index < -0.39 is 0 Å². The molecule has 0 saturated carbocycles. The Morgan fingerprint density at radius 3 is 2.41 bits per heavy atom. The van der Waals surface area contributed by atoms with E-state index in [9.17, 15) is 4.79 Å². The Morgan fingerprint density at radius 2 is 1.72 bits per heavy atom. The number of carbonyl (C=O) groups excluding carboxylic acids is 1. The molecular formula is C27H25N3O2. The summed E-state index contributed by atoms with van der Waals surface area (Å²) in [6.07, 6.45) is 3.46. The van der Waals surface area contributed by atoms with Gasteiger partial charge in [0.25, 0.3) is 5.91 Å². The number of hydrogen-bond acceptors (Lipinski definition) is 4. The third-order valence-corrected chi connectivity index (χ3v) is 5.20. The molecule has 1 atom stereocenters. The van der Waals surface area contributed by atoms with Crippen molar-refractivity contribution >= 4 is 5.91 Å². The lowest BCUT2D eigenvalue weighted by atomic mass is 10.0. The van der Waals surface area contributed by atoms with Gasteiger partial charge in [-0.15, -0.1) is 0 Å². The zero-order valence-electron chi connectivity index (χ0n) is 18.4. The van der Waals surface area contributed by atoms with Gasteiger partial charge in [-0.2, -0.15) is 0 Å². The van der Waals surface area contributed by atoms with Crippen molar-refractivity contribution in [2.24, 2.45) is 0 Å². The van der Waals surface area contributed by atoms with E-state index in [2.05, 4.69) is 15.3 Å². The minimum Gasteiger partial charge on any atom is -0.439 e. The van der Waals surface area contributed by atoms with Crippen LogP contribution in [0.5, 0.6) is 11.6 Å². The van der Waals surface area contributed by atoms with Crippen molar-refractivity contribution in [1.82, 2.24) is 15.3 Å². The molecule has 0 saturated heterocycles. The van der Waals surface area contributed by atoms with Gasteiger partial charge in [0.2, 0.25) is 5.88 Å². The third-order valence-electron chi connectivity index (χ3n) is 5.20. The van der Waals surface area contributed by atoms with Gasteiger partial charge in [0.05, 0.1) is 6.04 Å². The molecule has 2 aromatic carbocycles. The highest BCUT2D eigenvalue weighted by molar-refractivity contribution is 5.96. The predicted octanol–water partition coefficient (Wildman–Crippen LogP) is 6.04. The van der Waals surface area contributed by atoms with Crippen LogP contribution >= 0.6 is 0 Å². The van der Waals surface area contributed by atoms with Crippen LogP contribution in [0.2, 0.25) is 0 Å².